The minimum Gasteiger partial charge on any atom is -0.483 e. The largest absolute Gasteiger partial charge is 0.483 e. The summed E-state index contributed by atoms with van der Waals surface area (Å²) in [6.45, 7) is 5.15. The van der Waals surface area contributed by atoms with Crippen LogP contribution in [-0.2, 0) is 11.2 Å². The van der Waals surface area contributed by atoms with Gasteiger partial charge in [0.05, 0.1) is 10.6 Å². The molecule has 0 heterocycles. The molecule has 2 rings (SSSR count). The maximum absolute atomic E-state index is 11.9. The lowest BCUT2D eigenvalue weighted by Crippen LogP contribution is -2.25. The molecule has 2 aromatic rings. The maximum atomic E-state index is 11.9. The number of rotatable bonds is 8. The third-order valence-corrected chi connectivity index (χ3v) is 3.52. The number of ether oxygens (including phenoxy) is 1. The lowest BCUT2D eigenvalue weighted by molar-refractivity contribution is -0.384. The first kappa shape index (κ1) is 18.9. The number of hydrogen-bond donors (Lipinski definition) is 1. The van der Waals surface area contributed by atoms with Crippen molar-refractivity contribution in [1.82, 2.24) is 5.43 Å². The number of hydrazone groups is 1. The number of allylic oxidation sites excluding steroid dienone is 1. The van der Waals surface area contributed by atoms with Gasteiger partial charge in [0.1, 0.15) is 5.75 Å². The molecule has 0 saturated heterocycles. The molecule has 0 bridgehead atoms. The third kappa shape index (κ3) is 5.27. The predicted molar refractivity (Wildman–Crippen MR) is 99.3 cm³/mol. The van der Waals surface area contributed by atoms with E-state index in [0.29, 0.717) is 23.4 Å². The monoisotopic (exact) mass is 353 g/mol. The number of nitro benzene ring substituents is 1. The molecule has 134 valence electrons. The molecule has 0 radical (unpaired) electrons. The second-order valence-electron chi connectivity index (χ2n) is 5.43. The van der Waals surface area contributed by atoms with Crippen LogP contribution in [0.25, 0.3) is 0 Å². The van der Waals surface area contributed by atoms with Crippen molar-refractivity contribution in [3.63, 3.8) is 0 Å². The van der Waals surface area contributed by atoms with Crippen molar-refractivity contribution in [3.05, 3.63) is 82.4 Å². The number of non-ortho nitro benzene ring substituents is 1. The van der Waals surface area contributed by atoms with Crippen LogP contribution in [0.5, 0.6) is 5.75 Å². The molecule has 0 unspecified atom stereocenters. The number of para-hydroxylation sites is 1. The van der Waals surface area contributed by atoms with Crippen LogP contribution in [0.3, 0.4) is 0 Å². The van der Waals surface area contributed by atoms with Crippen molar-refractivity contribution in [1.29, 1.82) is 0 Å². The van der Waals surface area contributed by atoms with Crippen LogP contribution in [0.15, 0.2) is 66.3 Å². The van der Waals surface area contributed by atoms with E-state index in [1.54, 1.807) is 31.2 Å². The van der Waals surface area contributed by atoms with Crippen molar-refractivity contribution >= 4 is 17.3 Å². The van der Waals surface area contributed by atoms with Gasteiger partial charge < -0.3 is 4.74 Å². The van der Waals surface area contributed by atoms with Crippen molar-refractivity contribution < 1.29 is 14.5 Å². The Morgan fingerprint density at radius 3 is 2.81 bits per heavy atom. The highest BCUT2D eigenvalue weighted by Crippen LogP contribution is 2.18. The first-order valence-electron chi connectivity index (χ1n) is 7.91. The molecule has 1 N–H and O–H groups in total. The zero-order valence-corrected chi connectivity index (χ0v) is 14.3. The topological polar surface area (TPSA) is 93.8 Å². The van der Waals surface area contributed by atoms with Crippen LogP contribution in [-0.4, -0.2) is 23.1 Å². The highest BCUT2D eigenvalue weighted by atomic mass is 16.6. The van der Waals surface area contributed by atoms with Crippen molar-refractivity contribution in [3.8, 4) is 5.75 Å². The van der Waals surface area contributed by atoms with Crippen LogP contribution >= 0.6 is 0 Å². The number of benzene rings is 2. The number of nitrogens with zero attached hydrogens (tertiary/aromatic N) is 2. The molecule has 0 atom stereocenters. The van der Waals surface area contributed by atoms with Crippen LogP contribution in [0.1, 0.15) is 18.1 Å². The number of carbonyl (C=O) groups excluding carboxylic acids is 1. The molecular formula is C19H19N3O4. The Morgan fingerprint density at radius 2 is 2.08 bits per heavy atom. The molecular weight excluding hydrogens is 334 g/mol. The molecule has 2 aromatic carbocycles. The highest BCUT2D eigenvalue weighted by molar-refractivity contribution is 5.99. The van der Waals surface area contributed by atoms with Crippen LogP contribution < -0.4 is 10.2 Å². The Hall–Kier alpha value is -3.48. The molecule has 1 amide bonds. The van der Waals surface area contributed by atoms with E-state index in [1.165, 1.54) is 12.1 Å². The normalized spacial score (nSPS) is 10.9. The summed E-state index contributed by atoms with van der Waals surface area (Å²) >= 11 is 0. The summed E-state index contributed by atoms with van der Waals surface area (Å²) in [5.41, 5.74) is 4.29. The zero-order chi connectivity index (χ0) is 18.9. The number of carbonyl (C=O) groups is 1. The van der Waals surface area contributed by atoms with Gasteiger partial charge in [0.15, 0.2) is 6.61 Å². The number of amides is 1. The predicted octanol–water partition coefficient (Wildman–Crippen LogP) is 3.24. The minimum atomic E-state index is -0.482. The highest BCUT2D eigenvalue weighted by Gasteiger charge is 2.09. The minimum absolute atomic E-state index is 0.0365. The summed E-state index contributed by atoms with van der Waals surface area (Å²) in [4.78, 5) is 22.3. The Labute approximate surface area is 151 Å². The van der Waals surface area contributed by atoms with Gasteiger partial charge in [-0.1, -0.05) is 36.4 Å². The summed E-state index contributed by atoms with van der Waals surface area (Å²) in [6, 6.07) is 13.4. The van der Waals surface area contributed by atoms with E-state index in [-0.39, 0.29) is 12.3 Å². The zero-order valence-electron chi connectivity index (χ0n) is 14.3. The van der Waals surface area contributed by atoms with E-state index >= 15 is 0 Å². The standard InChI is InChI=1S/C19H19N3O4/c1-3-7-15-8-4-5-11-18(15)26-13-19(23)21-20-14(2)16-9-6-10-17(12-16)22(24)25/h3-6,8-12H,1,7,13H2,2H3,(H,21,23)/b20-14+. The van der Waals surface area contributed by atoms with Gasteiger partial charge in [-0.2, -0.15) is 5.10 Å². The van der Waals surface area contributed by atoms with Gasteiger partial charge in [0, 0.05) is 17.7 Å². The van der Waals surface area contributed by atoms with E-state index in [1.807, 2.05) is 18.2 Å². The Morgan fingerprint density at radius 1 is 1.31 bits per heavy atom. The molecule has 0 spiro atoms. The van der Waals surface area contributed by atoms with Gasteiger partial charge in [-0.15, -0.1) is 6.58 Å². The molecule has 26 heavy (non-hydrogen) atoms. The molecule has 0 aliphatic rings. The molecule has 0 aromatic heterocycles. The van der Waals surface area contributed by atoms with Gasteiger partial charge in [-0.05, 0) is 25.0 Å². The lowest BCUT2D eigenvalue weighted by Gasteiger charge is -2.09. The van der Waals surface area contributed by atoms with Gasteiger partial charge in [-0.3, -0.25) is 14.9 Å². The van der Waals surface area contributed by atoms with Crippen molar-refractivity contribution in [2.45, 2.75) is 13.3 Å². The fourth-order valence-electron chi connectivity index (χ4n) is 2.20. The fourth-order valence-corrected chi connectivity index (χ4v) is 2.20. The smallest absolute Gasteiger partial charge is 0.277 e. The van der Waals surface area contributed by atoms with Crippen LogP contribution in [0, 0.1) is 10.1 Å². The van der Waals surface area contributed by atoms with E-state index in [0.717, 1.165) is 5.56 Å². The van der Waals surface area contributed by atoms with E-state index < -0.39 is 10.8 Å². The van der Waals surface area contributed by atoms with Crippen LogP contribution in [0.4, 0.5) is 5.69 Å². The fraction of sp³-hybridized carbons (Fsp3) is 0.158. The molecule has 0 aliphatic heterocycles. The van der Waals surface area contributed by atoms with E-state index in [9.17, 15) is 14.9 Å². The Balaban J connectivity index is 1.96. The average Bonchev–Trinajstić information content (AvgIpc) is 2.65. The summed E-state index contributed by atoms with van der Waals surface area (Å²) in [5, 5.41) is 14.8. The van der Waals surface area contributed by atoms with Crippen LogP contribution in [0.2, 0.25) is 0 Å². The average molecular weight is 353 g/mol. The molecule has 0 aliphatic carbocycles. The van der Waals surface area contributed by atoms with Gasteiger partial charge >= 0.3 is 0 Å². The van der Waals surface area contributed by atoms with Gasteiger partial charge in [0.25, 0.3) is 11.6 Å². The summed E-state index contributed by atoms with van der Waals surface area (Å²) in [7, 11) is 0. The van der Waals surface area contributed by atoms with E-state index in [4.69, 9.17) is 4.74 Å². The Bertz CT molecular complexity index is 846. The van der Waals surface area contributed by atoms with Gasteiger partial charge in [-0.25, -0.2) is 5.43 Å². The summed E-state index contributed by atoms with van der Waals surface area (Å²) < 4.78 is 5.52. The molecule has 0 fully saturated rings. The number of nitro groups is 1. The number of nitrogens with one attached hydrogen (secondary N) is 1. The summed E-state index contributed by atoms with van der Waals surface area (Å²) in [5.74, 6) is 0.185. The number of hydrogen-bond acceptors (Lipinski definition) is 5. The van der Waals surface area contributed by atoms with E-state index in [2.05, 4.69) is 17.1 Å². The second-order valence-corrected chi connectivity index (χ2v) is 5.43. The first-order chi connectivity index (χ1) is 12.5. The third-order valence-electron chi connectivity index (χ3n) is 3.52. The van der Waals surface area contributed by atoms with Gasteiger partial charge in [0.2, 0.25) is 0 Å². The molecule has 7 nitrogen and oxygen atoms in total. The quantitative estimate of drug-likeness (QED) is 0.341. The Kier molecular flexibility index (Phi) is 6.61. The lowest BCUT2D eigenvalue weighted by atomic mass is 10.1. The SMILES string of the molecule is C=CCc1ccccc1OCC(=O)N/N=C(\C)c1cccc([N+](=O)[O-])c1. The van der Waals surface area contributed by atoms with Crippen molar-refractivity contribution in [2.24, 2.45) is 5.10 Å². The molecule has 0 saturated carbocycles. The summed E-state index contributed by atoms with van der Waals surface area (Å²) in [6.07, 6.45) is 2.40. The second kappa shape index (κ2) is 9.12. The van der Waals surface area contributed by atoms with Crippen molar-refractivity contribution in [2.75, 3.05) is 6.61 Å². The first-order valence-corrected chi connectivity index (χ1v) is 7.91. The maximum Gasteiger partial charge on any atom is 0.277 e. The molecule has 7 heteroatoms.